The van der Waals surface area contributed by atoms with Crippen LogP contribution in [0.5, 0.6) is 0 Å². The van der Waals surface area contributed by atoms with Crippen molar-refractivity contribution in [1.29, 1.82) is 0 Å². The van der Waals surface area contributed by atoms with Crippen LogP contribution in [0.2, 0.25) is 5.02 Å². The molecule has 0 aromatic heterocycles. The van der Waals surface area contributed by atoms with Crippen molar-refractivity contribution in [1.82, 2.24) is 5.32 Å². The number of carbonyl (C=O) groups is 3. The van der Waals surface area contributed by atoms with Gasteiger partial charge < -0.3 is 21.5 Å². The second-order valence-corrected chi connectivity index (χ2v) is 5.51. The van der Waals surface area contributed by atoms with Gasteiger partial charge in [-0.25, -0.2) is 9.59 Å². The summed E-state index contributed by atoms with van der Waals surface area (Å²) in [6.45, 7) is 3.28. The van der Waals surface area contributed by atoms with Crippen LogP contribution in [0.15, 0.2) is 18.2 Å². The van der Waals surface area contributed by atoms with Crippen LogP contribution in [0, 0.1) is 0 Å². The maximum absolute atomic E-state index is 11.8. The molecule has 0 aliphatic carbocycles. The number of anilines is 1. The Morgan fingerprint density at radius 2 is 1.95 bits per heavy atom. The monoisotopic (exact) mass is 313 g/mol. The van der Waals surface area contributed by atoms with Gasteiger partial charge in [-0.2, -0.15) is 0 Å². The molecule has 1 rings (SSSR count). The van der Waals surface area contributed by atoms with E-state index in [0.29, 0.717) is 0 Å². The SMILES string of the molecule is CC(C)(CC(N)=O)NC(=O)Nc1ccc(Cl)c(C(=O)O)c1. The van der Waals surface area contributed by atoms with Crippen LogP contribution in [0.25, 0.3) is 0 Å². The predicted octanol–water partition coefficient (Wildman–Crippen LogP) is 1.81. The lowest BCUT2D eigenvalue weighted by molar-refractivity contribution is -0.119. The number of amides is 3. The van der Waals surface area contributed by atoms with Gasteiger partial charge in [-0.05, 0) is 32.0 Å². The van der Waals surface area contributed by atoms with Crippen molar-refractivity contribution in [2.24, 2.45) is 5.73 Å². The first-order chi connectivity index (χ1) is 9.60. The van der Waals surface area contributed by atoms with Gasteiger partial charge in [0.15, 0.2) is 0 Å². The highest BCUT2D eigenvalue weighted by Crippen LogP contribution is 2.20. The number of benzene rings is 1. The number of urea groups is 1. The van der Waals surface area contributed by atoms with Crippen LogP contribution in [-0.4, -0.2) is 28.6 Å². The fraction of sp³-hybridized carbons (Fsp3) is 0.308. The molecule has 0 atom stereocenters. The molecule has 0 heterocycles. The van der Waals surface area contributed by atoms with E-state index in [2.05, 4.69) is 10.6 Å². The second kappa shape index (κ2) is 6.45. The molecule has 0 saturated heterocycles. The molecule has 0 saturated carbocycles. The van der Waals surface area contributed by atoms with Crippen LogP contribution in [-0.2, 0) is 4.79 Å². The lowest BCUT2D eigenvalue weighted by Crippen LogP contribution is -2.47. The third-order valence-electron chi connectivity index (χ3n) is 2.52. The summed E-state index contributed by atoms with van der Waals surface area (Å²) in [4.78, 5) is 33.6. The molecular weight excluding hydrogens is 298 g/mol. The van der Waals surface area contributed by atoms with Gasteiger partial charge in [0.25, 0.3) is 0 Å². The number of nitrogens with one attached hydrogen (secondary N) is 2. The molecule has 3 amide bonds. The molecule has 0 bridgehead atoms. The van der Waals surface area contributed by atoms with Crippen LogP contribution < -0.4 is 16.4 Å². The summed E-state index contributed by atoms with van der Waals surface area (Å²) >= 11 is 5.73. The second-order valence-electron chi connectivity index (χ2n) is 5.11. The number of aromatic carboxylic acids is 1. The molecule has 7 nitrogen and oxygen atoms in total. The van der Waals surface area contributed by atoms with Crippen molar-refractivity contribution >= 4 is 35.2 Å². The molecule has 1 aromatic carbocycles. The van der Waals surface area contributed by atoms with Gasteiger partial charge in [-0.15, -0.1) is 0 Å². The third kappa shape index (κ3) is 5.31. The Labute approximate surface area is 126 Å². The molecule has 8 heteroatoms. The van der Waals surface area contributed by atoms with E-state index in [4.69, 9.17) is 22.4 Å². The first-order valence-corrected chi connectivity index (χ1v) is 6.39. The van der Waals surface area contributed by atoms with Gasteiger partial charge >= 0.3 is 12.0 Å². The molecule has 0 radical (unpaired) electrons. The average Bonchev–Trinajstić information content (AvgIpc) is 2.28. The van der Waals surface area contributed by atoms with Gasteiger partial charge in [0.2, 0.25) is 5.91 Å². The zero-order valence-electron chi connectivity index (χ0n) is 11.6. The summed E-state index contributed by atoms with van der Waals surface area (Å²) in [6, 6.07) is 3.50. The summed E-state index contributed by atoms with van der Waals surface area (Å²) in [5, 5.41) is 14.1. The Hall–Kier alpha value is -2.28. The van der Waals surface area contributed by atoms with E-state index < -0.39 is 23.4 Å². The number of hydrogen-bond acceptors (Lipinski definition) is 3. The molecule has 0 spiro atoms. The quantitative estimate of drug-likeness (QED) is 0.662. The number of carboxylic acid groups (broad SMARTS) is 1. The minimum absolute atomic E-state index is 0.0264. The van der Waals surface area contributed by atoms with Gasteiger partial charge in [0, 0.05) is 17.6 Å². The minimum Gasteiger partial charge on any atom is -0.478 e. The Bertz CT molecular complexity index is 587. The lowest BCUT2D eigenvalue weighted by atomic mass is 10.0. The van der Waals surface area contributed by atoms with E-state index in [1.807, 2.05) is 0 Å². The highest BCUT2D eigenvalue weighted by molar-refractivity contribution is 6.33. The smallest absolute Gasteiger partial charge is 0.337 e. The van der Waals surface area contributed by atoms with Crippen molar-refractivity contribution in [3.8, 4) is 0 Å². The van der Waals surface area contributed by atoms with Crippen LogP contribution in [0.1, 0.15) is 30.6 Å². The number of halogens is 1. The molecule has 0 aliphatic heterocycles. The molecule has 0 aliphatic rings. The van der Waals surface area contributed by atoms with E-state index in [1.165, 1.54) is 18.2 Å². The van der Waals surface area contributed by atoms with Gasteiger partial charge in [-0.1, -0.05) is 11.6 Å². The van der Waals surface area contributed by atoms with E-state index in [1.54, 1.807) is 13.8 Å². The summed E-state index contributed by atoms with van der Waals surface area (Å²) in [7, 11) is 0. The maximum atomic E-state index is 11.8. The maximum Gasteiger partial charge on any atom is 0.337 e. The molecule has 5 N–H and O–H groups in total. The van der Waals surface area contributed by atoms with Crippen molar-refractivity contribution in [2.75, 3.05) is 5.32 Å². The fourth-order valence-electron chi connectivity index (χ4n) is 1.72. The van der Waals surface area contributed by atoms with Gasteiger partial charge in [0.05, 0.1) is 10.6 Å². The molecule has 1 aromatic rings. The molecule has 21 heavy (non-hydrogen) atoms. The van der Waals surface area contributed by atoms with E-state index in [0.717, 1.165) is 0 Å². The Morgan fingerprint density at radius 1 is 1.33 bits per heavy atom. The van der Waals surface area contributed by atoms with E-state index in [9.17, 15) is 14.4 Å². The lowest BCUT2D eigenvalue weighted by Gasteiger charge is -2.24. The van der Waals surface area contributed by atoms with Crippen LogP contribution >= 0.6 is 11.6 Å². The van der Waals surface area contributed by atoms with Crippen molar-refractivity contribution in [3.63, 3.8) is 0 Å². The highest BCUT2D eigenvalue weighted by atomic mass is 35.5. The third-order valence-corrected chi connectivity index (χ3v) is 2.85. The number of hydrogen-bond donors (Lipinski definition) is 4. The number of rotatable bonds is 5. The van der Waals surface area contributed by atoms with Crippen molar-refractivity contribution in [3.05, 3.63) is 28.8 Å². The summed E-state index contributed by atoms with van der Waals surface area (Å²) in [5.74, 6) is -1.74. The fourth-order valence-corrected chi connectivity index (χ4v) is 1.91. The zero-order valence-corrected chi connectivity index (χ0v) is 12.3. The first-order valence-electron chi connectivity index (χ1n) is 6.01. The molecular formula is C13H16ClN3O4. The highest BCUT2D eigenvalue weighted by Gasteiger charge is 2.23. The molecule has 0 unspecified atom stereocenters. The summed E-state index contributed by atoms with van der Waals surface area (Å²) in [5.41, 5.74) is 4.41. The Balaban J connectivity index is 2.78. The predicted molar refractivity (Wildman–Crippen MR) is 78.5 cm³/mol. The van der Waals surface area contributed by atoms with E-state index in [-0.39, 0.29) is 22.7 Å². The Morgan fingerprint density at radius 3 is 2.48 bits per heavy atom. The number of carboxylic acids is 1. The van der Waals surface area contributed by atoms with Gasteiger partial charge in [0.1, 0.15) is 0 Å². The van der Waals surface area contributed by atoms with Crippen LogP contribution in [0.4, 0.5) is 10.5 Å². The zero-order chi connectivity index (χ0) is 16.2. The van der Waals surface area contributed by atoms with Crippen molar-refractivity contribution in [2.45, 2.75) is 25.8 Å². The first kappa shape index (κ1) is 16.8. The largest absolute Gasteiger partial charge is 0.478 e. The number of nitrogens with two attached hydrogens (primary N) is 1. The summed E-state index contributed by atoms with van der Waals surface area (Å²) in [6.07, 6.45) is -0.0264. The minimum atomic E-state index is -1.20. The van der Waals surface area contributed by atoms with Crippen LogP contribution in [0.3, 0.4) is 0 Å². The van der Waals surface area contributed by atoms with Crippen molar-refractivity contribution < 1.29 is 19.5 Å². The van der Waals surface area contributed by atoms with E-state index >= 15 is 0 Å². The average molecular weight is 314 g/mol. The molecule has 0 fully saturated rings. The Kier molecular flexibility index (Phi) is 5.15. The standard InChI is InChI=1S/C13H16ClN3O4/c1-13(2,6-10(15)18)17-12(21)16-7-3-4-9(14)8(5-7)11(19)20/h3-5H,6H2,1-2H3,(H2,15,18)(H,19,20)(H2,16,17,21). The molecule has 114 valence electrons. The van der Waals surface area contributed by atoms with Gasteiger partial charge in [-0.3, -0.25) is 4.79 Å². The number of carbonyl (C=O) groups excluding carboxylic acids is 2. The summed E-state index contributed by atoms with van der Waals surface area (Å²) < 4.78 is 0. The topological polar surface area (TPSA) is 122 Å². The number of primary amides is 1. The normalized spacial score (nSPS) is 10.8.